The van der Waals surface area contributed by atoms with Gasteiger partial charge in [-0.2, -0.15) is 0 Å². The van der Waals surface area contributed by atoms with Crippen LogP contribution in [0.2, 0.25) is 0 Å². The second kappa shape index (κ2) is 7.65. The first-order chi connectivity index (χ1) is 13.2. The number of aromatic nitrogens is 3. The monoisotopic (exact) mass is 364 g/mol. The molecule has 1 amide bonds. The summed E-state index contributed by atoms with van der Waals surface area (Å²) in [6.07, 6.45) is 3.86. The third-order valence-electron chi connectivity index (χ3n) is 4.65. The van der Waals surface area contributed by atoms with Gasteiger partial charge in [0.2, 0.25) is 5.91 Å². The van der Waals surface area contributed by atoms with Crippen molar-refractivity contribution < 1.29 is 4.79 Å². The van der Waals surface area contributed by atoms with Crippen molar-refractivity contribution in [3.05, 3.63) is 71.0 Å². The number of hydrogen-bond donors (Lipinski definition) is 3. The largest absolute Gasteiger partial charge is 0.353 e. The molecule has 1 aliphatic rings. The molecule has 27 heavy (non-hydrogen) atoms. The Morgan fingerprint density at radius 1 is 1.15 bits per heavy atom. The van der Waals surface area contributed by atoms with Crippen molar-refractivity contribution in [2.75, 3.05) is 6.54 Å². The van der Waals surface area contributed by atoms with Gasteiger partial charge in [-0.05, 0) is 30.7 Å². The van der Waals surface area contributed by atoms with Crippen molar-refractivity contribution >= 4 is 16.8 Å². The molecule has 2 unspecified atom stereocenters. The fraction of sp³-hybridized carbons (Fsp3) is 0.263. The molecule has 1 fully saturated rings. The van der Waals surface area contributed by atoms with Gasteiger partial charge < -0.3 is 5.32 Å². The number of nitrogens with zero attached hydrogens (tertiary/aromatic N) is 3. The Hall–Kier alpha value is -3.10. The Morgan fingerprint density at radius 3 is 2.85 bits per heavy atom. The van der Waals surface area contributed by atoms with E-state index in [1.165, 1.54) is 10.9 Å². The first-order valence-corrected chi connectivity index (χ1v) is 8.86. The Balaban J connectivity index is 1.33. The van der Waals surface area contributed by atoms with E-state index in [9.17, 15) is 9.59 Å². The van der Waals surface area contributed by atoms with Gasteiger partial charge in [0.05, 0.1) is 29.0 Å². The van der Waals surface area contributed by atoms with E-state index in [-0.39, 0.29) is 23.6 Å². The molecule has 1 aliphatic heterocycles. The lowest BCUT2D eigenvalue weighted by atomic mass is 10.1. The molecule has 1 aromatic carbocycles. The highest BCUT2D eigenvalue weighted by molar-refractivity contribution is 5.82. The summed E-state index contributed by atoms with van der Waals surface area (Å²) in [6, 6.07) is 12.6. The molecular formula is C19H20N6O2. The minimum atomic E-state index is -0.344. The van der Waals surface area contributed by atoms with E-state index in [4.69, 9.17) is 0 Å². The number of hydrogen-bond acceptors (Lipinski definition) is 6. The molecule has 8 nitrogen and oxygen atoms in total. The van der Waals surface area contributed by atoms with Crippen LogP contribution in [0, 0.1) is 0 Å². The van der Waals surface area contributed by atoms with Crippen LogP contribution in [0.3, 0.4) is 0 Å². The number of nitrogens with one attached hydrogen (secondary N) is 3. The van der Waals surface area contributed by atoms with Crippen LogP contribution in [0.4, 0.5) is 0 Å². The van der Waals surface area contributed by atoms with E-state index in [1.54, 1.807) is 18.3 Å². The zero-order chi connectivity index (χ0) is 18.6. The van der Waals surface area contributed by atoms with E-state index < -0.39 is 0 Å². The van der Waals surface area contributed by atoms with Crippen LogP contribution in [0.15, 0.2) is 59.8 Å². The number of amides is 1. The van der Waals surface area contributed by atoms with Crippen LogP contribution < -0.4 is 21.7 Å². The predicted molar refractivity (Wildman–Crippen MR) is 101 cm³/mol. The standard InChI is InChI=1S/C19H20N6O2/c26-18(17-11-16(23-24-17)15-7-3-4-8-20-15)21-9-10-25-12-22-14-6-2-1-5-13(14)19(25)27/h1-8,12,16-17,23-24H,9-11H2,(H,21,26). The van der Waals surface area contributed by atoms with Crippen LogP contribution in [-0.4, -0.2) is 33.0 Å². The molecule has 4 rings (SSSR count). The highest BCUT2D eigenvalue weighted by Gasteiger charge is 2.30. The number of rotatable bonds is 5. The minimum Gasteiger partial charge on any atom is -0.353 e. The Bertz CT molecular complexity index is 1000. The highest BCUT2D eigenvalue weighted by Crippen LogP contribution is 2.19. The van der Waals surface area contributed by atoms with E-state index in [1.807, 2.05) is 30.3 Å². The van der Waals surface area contributed by atoms with E-state index in [0.29, 0.717) is 30.4 Å². The molecular weight excluding hydrogens is 344 g/mol. The fourth-order valence-corrected chi connectivity index (χ4v) is 3.19. The SMILES string of the molecule is O=C(NCCn1cnc2ccccc2c1=O)C1CC(c2ccccn2)NN1. The minimum absolute atomic E-state index is 0.00532. The van der Waals surface area contributed by atoms with Crippen LogP contribution in [0.25, 0.3) is 10.9 Å². The van der Waals surface area contributed by atoms with Crippen LogP contribution in [0.5, 0.6) is 0 Å². The van der Waals surface area contributed by atoms with Gasteiger partial charge in [0.25, 0.3) is 5.56 Å². The summed E-state index contributed by atoms with van der Waals surface area (Å²) in [5.41, 5.74) is 7.57. The number of para-hydroxylation sites is 1. The number of hydrazine groups is 1. The van der Waals surface area contributed by atoms with Gasteiger partial charge in [0.15, 0.2) is 0 Å². The molecule has 0 bridgehead atoms. The van der Waals surface area contributed by atoms with Gasteiger partial charge in [-0.15, -0.1) is 0 Å². The summed E-state index contributed by atoms with van der Waals surface area (Å²) in [5.74, 6) is -0.109. The number of pyridine rings is 1. The summed E-state index contributed by atoms with van der Waals surface area (Å²) in [4.78, 5) is 33.4. The van der Waals surface area contributed by atoms with Crippen molar-refractivity contribution in [3.63, 3.8) is 0 Å². The van der Waals surface area contributed by atoms with Crippen molar-refractivity contribution in [3.8, 4) is 0 Å². The molecule has 3 aromatic rings. The average Bonchev–Trinajstić information content (AvgIpc) is 3.21. The number of benzene rings is 1. The fourth-order valence-electron chi connectivity index (χ4n) is 3.19. The van der Waals surface area contributed by atoms with Gasteiger partial charge in [0, 0.05) is 19.3 Å². The normalized spacial score (nSPS) is 19.3. The van der Waals surface area contributed by atoms with Gasteiger partial charge >= 0.3 is 0 Å². The molecule has 0 radical (unpaired) electrons. The molecule has 1 saturated heterocycles. The van der Waals surface area contributed by atoms with Gasteiger partial charge in [-0.25, -0.2) is 15.8 Å². The summed E-state index contributed by atoms with van der Waals surface area (Å²) in [7, 11) is 0. The predicted octanol–water partition coefficient (Wildman–Crippen LogP) is 0.515. The first-order valence-electron chi connectivity index (χ1n) is 8.86. The third kappa shape index (κ3) is 3.71. The van der Waals surface area contributed by atoms with Gasteiger partial charge in [-0.3, -0.25) is 19.1 Å². The molecule has 2 atom stereocenters. The van der Waals surface area contributed by atoms with E-state index >= 15 is 0 Å². The maximum atomic E-state index is 12.4. The lowest BCUT2D eigenvalue weighted by molar-refractivity contribution is -0.122. The third-order valence-corrected chi connectivity index (χ3v) is 4.65. The maximum Gasteiger partial charge on any atom is 0.261 e. The zero-order valence-corrected chi connectivity index (χ0v) is 14.6. The Labute approximate surface area is 155 Å². The molecule has 0 aliphatic carbocycles. The maximum absolute atomic E-state index is 12.4. The Morgan fingerprint density at radius 2 is 2.00 bits per heavy atom. The van der Waals surface area contributed by atoms with Crippen LogP contribution in [-0.2, 0) is 11.3 Å². The molecule has 3 heterocycles. The van der Waals surface area contributed by atoms with Crippen molar-refractivity contribution in [1.82, 2.24) is 30.7 Å². The van der Waals surface area contributed by atoms with Crippen molar-refractivity contribution in [1.29, 1.82) is 0 Å². The van der Waals surface area contributed by atoms with Gasteiger partial charge in [0.1, 0.15) is 6.04 Å². The lowest BCUT2D eigenvalue weighted by Crippen LogP contribution is -2.44. The number of carbonyl (C=O) groups is 1. The quantitative estimate of drug-likeness (QED) is 0.610. The van der Waals surface area contributed by atoms with Crippen molar-refractivity contribution in [2.24, 2.45) is 0 Å². The average molecular weight is 364 g/mol. The summed E-state index contributed by atoms with van der Waals surface area (Å²) >= 11 is 0. The zero-order valence-electron chi connectivity index (χ0n) is 14.6. The molecule has 138 valence electrons. The second-order valence-corrected chi connectivity index (χ2v) is 6.44. The summed E-state index contributed by atoms with van der Waals surface area (Å²) in [5, 5.41) is 3.45. The lowest BCUT2D eigenvalue weighted by Gasteiger charge is -2.11. The molecule has 8 heteroatoms. The smallest absolute Gasteiger partial charge is 0.261 e. The highest BCUT2D eigenvalue weighted by atomic mass is 16.2. The van der Waals surface area contributed by atoms with E-state index in [0.717, 1.165) is 5.69 Å². The van der Waals surface area contributed by atoms with E-state index in [2.05, 4.69) is 26.1 Å². The molecule has 0 spiro atoms. The second-order valence-electron chi connectivity index (χ2n) is 6.44. The number of fused-ring (bicyclic) bond motifs is 1. The molecule has 3 N–H and O–H groups in total. The summed E-state index contributed by atoms with van der Waals surface area (Å²) < 4.78 is 1.51. The van der Waals surface area contributed by atoms with Crippen LogP contribution in [0.1, 0.15) is 18.2 Å². The molecule has 0 saturated carbocycles. The Kier molecular flexibility index (Phi) is 4.91. The number of carbonyl (C=O) groups excluding carboxylic acids is 1. The van der Waals surface area contributed by atoms with Gasteiger partial charge in [-0.1, -0.05) is 18.2 Å². The van der Waals surface area contributed by atoms with Crippen LogP contribution >= 0.6 is 0 Å². The van der Waals surface area contributed by atoms with Crippen molar-refractivity contribution in [2.45, 2.75) is 25.0 Å². The topological polar surface area (TPSA) is 101 Å². The summed E-state index contributed by atoms with van der Waals surface area (Å²) in [6.45, 7) is 0.720. The first kappa shape index (κ1) is 17.3. The molecule has 2 aromatic heterocycles.